The van der Waals surface area contributed by atoms with Gasteiger partial charge in [-0.25, -0.2) is 13.2 Å². The van der Waals surface area contributed by atoms with Gasteiger partial charge in [-0.2, -0.15) is 0 Å². The molecule has 2 saturated heterocycles. The van der Waals surface area contributed by atoms with Gasteiger partial charge in [-0.05, 0) is 31.4 Å². The van der Waals surface area contributed by atoms with Gasteiger partial charge in [0.05, 0.1) is 23.7 Å². The molecule has 2 fully saturated rings. The number of benzene rings is 1. The van der Waals surface area contributed by atoms with E-state index in [-0.39, 0.29) is 17.8 Å². The Balaban J connectivity index is 1.91. The number of carbonyl (C=O) groups excluding carboxylic acids is 1. The Labute approximate surface area is 102 Å². The van der Waals surface area contributed by atoms with Crippen LogP contribution in [0.25, 0.3) is 0 Å². The zero-order valence-corrected chi connectivity index (χ0v) is 9.46. The van der Waals surface area contributed by atoms with E-state index in [9.17, 15) is 18.0 Å². The monoisotopic (exact) mass is 256 g/mol. The van der Waals surface area contributed by atoms with Crippen LogP contribution in [0.3, 0.4) is 0 Å². The van der Waals surface area contributed by atoms with Crippen molar-refractivity contribution < 1.29 is 22.7 Å². The molecule has 2 bridgehead atoms. The van der Waals surface area contributed by atoms with E-state index in [0.29, 0.717) is 6.42 Å². The first-order valence-electron chi connectivity index (χ1n) is 5.91. The second kappa shape index (κ2) is 4.09. The fraction of sp³-hybridized carbons (Fsp3) is 0.462. The summed E-state index contributed by atoms with van der Waals surface area (Å²) in [5, 5.41) is 0. The lowest BCUT2D eigenvalue weighted by molar-refractivity contribution is 0.0739. The Morgan fingerprint density at radius 3 is 2.56 bits per heavy atom. The van der Waals surface area contributed by atoms with E-state index in [0.717, 1.165) is 25.0 Å². The molecule has 0 saturated carbocycles. The smallest absolute Gasteiger partial charge is 0.195 e. The lowest BCUT2D eigenvalue weighted by Gasteiger charge is -2.17. The molecule has 0 N–H and O–H groups in total. The molecule has 0 amide bonds. The maximum absolute atomic E-state index is 13.5. The molecule has 3 rings (SSSR count). The predicted octanol–water partition coefficient (Wildman–Crippen LogP) is 2.85. The van der Waals surface area contributed by atoms with Gasteiger partial charge in [0.2, 0.25) is 0 Å². The number of Topliss-reactive ketones (excluding diaryl/α,β-unsaturated/α-hetero) is 1. The van der Waals surface area contributed by atoms with Crippen LogP contribution in [0.2, 0.25) is 0 Å². The maximum Gasteiger partial charge on any atom is 0.195 e. The molecular weight excluding hydrogens is 245 g/mol. The van der Waals surface area contributed by atoms with Crippen LogP contribution in [0.1, 0.15) is 29.6 Å². The van der Waals surface area contributed by atoms with Crippen molar-refractivity contribution in [1.82, 2.24) is 0 Å². The van der Waals surface area contributed by atoms with Gasteiger partial charge in [0.1, 0.15) is 0 Å². The van der Waals surface area contributed by atoms with Gasteiger partial charge in [-0.3, -0.25) is 4.79 Å². The minimum absolute atomic E-state index is 0.0531. The standard InChI is InChI=1S/C13H11F3O2/c14-9-3-2-7(11(15)12(9)16)13(17)8-5-6-1-4-10(8)18-6/h2-3,6,8,10H,1,4-5H2. The van der Waals surface area contributed by atoms with E-state index in [4.69, 9.17) is 4.74 Å². The minimum Gasteiger partial charge on any atom is -0.374 e. The van der Waals surface area contributed by atoms with Gasteiger partial charge in [0, 0.05) is 0 Å². The Morgan fingerprint density at radius 1 is 1.17 bits per heavy atom. The highest BCUT2D eigenvalue weighted by atomic mass is 19.2. The Morgan fingerprint density at radius 2 is 1.94 bits per heavy atom. The number of rotatable bonds is 2. The van der Waals surface area contributed by atoms with Crippen molar-refractivity contribution in [2.24, 2.45) is 5.92 Å². The number of hydrogen-bond donors (Lipinski definition) is 0. The van der Waals surface area contributed by atoms with Crippen molar-refractivity contribution in [3.63, 3.8) is 0 Å². The average Bonchev–Trinajstić information content (AvgIpc) is 2.97. The van der Waals surface area contributed by atoms with Crippen molar-refractivity contribution >= 4 is 5.78 Å². The fourth-order valence-corrected chi connectivity index (χ4v) is 2.83. The molecule has 0 radical (unpaired) electrons. The van der Waals surface area contributed by atoms with E-state index in [1.807, 2.05) is 0 Å². The summed E-state index contributed by atoms with van der Waals surface area (Å²) < 4.78 is 44.9. The van der Waals surface area contributed by atoms with Crippen LogP contribution in [0.4, 0.5) is 13.2 Å². The molecule has 2 heterocycles. The highest BCUT2D eigenvalue weighted by Crippen LogP contribution is 2.40. The minimum atomic E-state index is -1.59. The molecule has 2 aliphatic heterocycles. The zero-order valence-electron chi connectivity index (χ0n) is 9.46. The second-order valence-corrected chi connectivity index (χ2v) is 4.80. The number of carbonyl (C=O) groups is 1. The molecule has 2 aliphatic rings. The highest BCUT2D eigenvalue weighted by Gasteiger charge is 2.45. The lowest BCUT2D eigenvalue weighted by atomic mass is 9.83. The summed E-state index contributed by atoms with van der Waals surface area (Å²) in [6.07, 6.45) is 2.08. The number of ether oxygens (including phenoxy) is 1. The fourth-order valence-electron chi connectivity index (χ4n) is 2.83. The van der Waals surface area contributed by atoms with Crippen LogP contribution >= 0.6 is 0 Å². The maximum atomic E-state index is 13.5. The quantitative estimate of drug-likeness (QED) is 0.600. The van der Waals surface area contributed by atoms with Crippen LogP contribution in [0.5, 0.6) is 0 Å². The first kappa shape index (κ1) is 11.7. The van der Waals surface area contributed by atoms with Crippen molar-refractivity contribution in [3.8, 4) is 0 Å². The SMILES string of the molecule is O=C(c1ccc(F)c(F)c1F)C1CC2CCC1O2. The van der Waals surface area contributed by atoms with E-state index >= 15 is 0 Å². The van der Waals surface area contributed by atoms with Gasteiger partial charge in [0.25, 0.3) is 0 Å². The third kappa shape index (κ3) is 1.65. The van der Waals surface area contributed by atoms with Crippen LogP contribution in [0, 0.1) is 23.4 Å². The summed E-state index contributed by atoms with van der Waals surface area (Å²) in [5.41, 5.74) is -0.380. The molecular formula is C13H11F3O2. The third-order valence-corrected chi connectivity index (χ3v) is 3.74. The van der Waals surface area contributed by atoms with Crippen LogP contribution in [-0.4, -0.2) is 18.0 Å². The van der Waals surface area contributed by atoms with E-state index in [1.165, 1.54) is 0 Å². The number of ketones is 1. The molecule has 96 valence electrons. The number of hydrogen-bond acceptors (Lipinski definition) is 2. The molecule has 3 atom stereocenters. The molecule has 5 heteroatoms. The molecule has 2 nitrogen and oxygen atoms in total. The first-order chi connectivity index (χ1) is 8.58. The number of fused-ring (bicyclic) bond motifs is 2. The summed E-state index contributed by atoms with van der Waals surface area (Å²) in [4.78, 5) is 12.1. The van der Waals surface area contributed by atoms with Crippen molar-refractivity contribution in [2.45, 2.75) is 31.5 Å². The largest absolute Gasteiger partial charge is 0.374 e. The molecule has 0 spiro atoms. The normalized spacial score (nSPS) is 29.8. The van der Waals surface area contributed by atoms with Gasteiger partial charge in [0.15, 0.2) is 23.2 Å². The number of halogens is 3. The predicted molar refractivity (Wildman–Crippen MR) is 56.6 cm³/mol. The second-order valence-electron chi connectivity index (χ2n) is 4.80. The summed E-state index contributed by atoms with van der Waals surface area (Å²) in [6.45, 7) is 0. The summed E-state index contributed by atoms with van der Waals surface area (Å²) in [7, 11) is 0. The van der Waals surface area contributed by atoms with Crippen LogP contribution in [-0.2, 0) is 4.74 Å². The van der Waals surface area contributed by atoms with Gasteiger partial charge < -0.3 is 4.74 Å². The Hall–Kier alpha value is -1.36. The van der Waals surface area contributed by atoms with E-state index in [1.54, 1.807) is 0 Å². The molecule has 1 aromatic rings. The Bertz CT molecular complexity index is 515. The average molecular weight is 256 g/mol. The Kier molecular flexibility index (Phi) is 2.66. The first-order valence-corrected chi connectivity index (χ1v) is 5.91. The van der Waals surface area contributed by atoms with Crippen molar-refractivity contribution in [1.29, 1.82) is 0 Å². The third-order valence-electron chi connectivity index (χ3n) is 3.74. The summed E-state index contributed by atoms with van der Waals surface area (Å²) >= 11 is 0. The van der Waals surface area contributed by atoms with E-state index in [2.05, 4.69) is 0 Å². The topological polar surface area (TPSA) is 26.3 Å². The summed E-state index contributed by atoms with van der Waals surface area (Å²) in [6, 6.07) is 1.78. The highest BCUT2D eigenvalue weighted by molar-refractivity contribution is 5.98. The molecule has 0 aliphatic carbocycles. The molecule has 3 unspecified atom stereocenters. The van der Waals surface area contributed by atoms with Crippen molar-refractivity contribution in [3.05, 3.63) is 35.1 Å². The zero-order chi connectivity index (χ0) is 12.9. The van der Waals surface area contributed by atoms with Gasteiger partial charge in [-0.15, -0.1) is 0 Å². The van der Waals surface area contributed by atoms with E-state index < -0.39 is 29.2 Å². The molecule has 1 aromatic carbocycles. The molecule has 0 aromatic heterocycles. The van der Waals surface area contributed by atoms with Crippen LogP contribution in [0.15, 0.2) is 12.1 Å². The van der Waals surface area contributed by atoms with Crippen molar-refractivity contribution in [2.75, 3.05) is 0 Å². The van der Waals surface area contributed by atoms with Gasteiger partial charge in [-0.1, -0.05) is 0 Å². The summed E-state index contributed by atoms with van der Waals surface area (Å²) in [5.74, 6) is -5.19. The van der Waals surface area contributed by atoms with Crippen LogP contribution < -0.4 is 0 Å². The lowest BCUT2D eigenvalue weighted by Crippen LogP contribution is -2.26. The van der Waals surface area contributed by atoms with Gasteiger partial charge >= 0.3 is 0 Å². The molecule has 18 heavy (non-hydrogen) atoms.